The molecule has 0 aliphatic heterocycles. The molecular formula is C11H15NOS. The second-order valence-corrected chi connectivity index (χ2v) is 5.00. The Labute approximate surface area is 89.1 Å². The molecule has 1 aromatic rings. The van der Waals surface area contributed by atoms with Crippen molar-refractivity contribution in [3.8, 4) is 0 Å². The van der Waals surface area contributed by atoms with Crippen molar-refractivity contribution in [2.75, 3.05) is 5.75 Å². The molecular weight excluding hydrogens is 194 g/mol. The van der Waals surface area contributed by atoms with Crippen LogP contribution >= 0.6 is 11.8 Å². The Bertz CT molecular complexity index is 285. The highest BCUT2D eigenvalue weighted by Gasteiger charge is 2.04. The van der Waals surface area contributed by atoms with Crippen LogP contribution in [0.2, 0.25) is 0 Å². The van der Waals surface area contributed by atoms with E-state index in [4.69, 9.17) is 0 Å². The van der Waals surface area contributed by atoms with E-state index in [0.29, 0.717) is 17.4 Å². The van der Waals surface area contributed by atoms with Crippen LogP contribution in [0.4, 0.5) is 0 Å². The number of hydrogen-bond donors (Lipinski definition) is 0. The third kappa shape index (κ3) is 4.42. The van der Waals surface area contributed by atoms with Crippen LogP contribution in [0.5, 0.6) is 0 Å². The van der Waals surface area contributed by atoms with Crippen molar-refractivity contribution in [3.05, 3.63) is 30.1 Å². The number of carbonyl (C=O) groups excluding carboxylic acids is 1. The monoisotopic (exact) mass is 209 g/mol. The van der Waals surface area contributed by atoms with Gasteiger partial charge < -0.3 is 0 Å². The zero-order valence-electron chi connectivity index (χ0n) is 8.56. The summed E-state index contributed by atoms with van der Waals surface area (Å²) in [7, 11) is 0. The lowest BCUT2D eigenvalue weighted by Gasteiger charge is -2.03. The summed E-state index contributed by atoms with van der Waals surface area (Å²) in [6.07, 6.45) is 3.97. The molecule has 1 aromatic heterocycles. The molecule has 3 heteroatoms. The topological polar surface area (TPSA) is 30.0 Å². The van der Waals surface area contributed by atoms with Crippen molar-refractivity contribution in [2.45, 2.75) is 25.5 Å². The average molecular weight is 209 g/mol. The zero-order valence-corrected chi connectivity index (χ0v) is 9.38. The van der Waals surface area contributed by atoms with E-state index in [9.17, 15) is 4.79 Å². The van der Waals surface area contributed by atoms with E-state index in [2.05, 4.69) is 18.8 Å². The normalized spacial score (nSPS) is 10.5. The number of pyridine rings is 1. The maximum Gasteiger partial charge on any atom is 0.147 e. The molecule has 76 valence electrons. The standard InChI is InChI=1S/C11H15NOS/c1-9(2)14-8-11(13)6-10-4-3-5-12-7-10/h3-5,7,9H,6,8H2,1-2H3. The van der Waals surface area contributed by atoms with Crippen molar-refractivity contribution in [1.82, 2.24) is 4.98 Å². The molecule has 1 heterocycles. The molecule has 0 aromatic carbocycles. The third-order valence-corrected chi connectivity index (χ3v) is 2.86. The van der Waals surface area contributed by atoms with E-state index in [1.165, 1.54) is 0 Å². The summed E-state index contributed by atoms with van der Waals surface area (Å²) in [6.45, 7) is 4.20. The van der Waals surface area contributed by atoms with Crippen LogP contribution in [0.25, 0.3) is 0 Å². The van der Waals surface area contributed by atoms with Crippen LogP contribution in [0.1, 0.15) is 19.4 Å². The van der Waals surface area contributed by atoms with Crippen LogP contribution < -0.4 is 0 Å². The van der Waals surface area contributed by atoms with Gasteiger partial charge in [-0.05, 0) is 16.9 Å². The third-order valence-electron chi connectivity index (χ3n) is 1.70. The lowest BCUT2D eigenvalue weighted by Crippen LogP contribution is -2.07. The Kier molecular flexibility index (Phi) is 4.66. The fourth-order valence-corrected chi connectivity index (χ4v) is 1.66. The average Bonchev–Trinajstić information content (AvgIpc) is 2.16. The lowest BCUT2D eigenvalue weighted by molar-refractivity contribution is -0.116. The first kappa shape index (κ1) is 11.2. The maximum atomic E-state index is 11.5. The minimum Gasteiger partial charge on any atom is -0.298 e. The first-order valence-corrected chi connectivity index (χ1v) is 5.75. The summed E-state index contributed by atoms with van der Waals surface area (Å²) in [5.74, 6) is 0.878. The summed E-state index contributed by atoms with van der Waals surface area (Å²) < 4.78 is 0. The van der Waals surface area contributed by atoms with Gasteiger partial charge in [0.2, 0.25) is 0 Å². The molecule has 0 atom stereocenters. The van der Waals surface area contributed by atoms with Gasteiger partial charge in [0.1, 0.15) is 5.78 Å². The highest BCUT2D eigenvalue weighted by molar-refractivity contribution is 8.00. The minimum atomic E-state index is 0.275. The number of ketones is 1. The van der Waals surface area contributed by atoms with Crippen molar-refractivity contribution in [3.63, 3.8) is 0 Å². The Hall–Kier alpha value is -0.830. The van der Waals surface area contributed by atoms with Crippen LogP contribution in [-0.2, 0) is 11.2 Å². The van der Waals surface area contributed by atoms with Crippen molar-refractivity contribution < 1.29 is 4.79 Å². The SMILES string of the molecule is CC(C)SCC(=O)Cc1cccnc1. The second-order valence-electron chi connectivity index (χ2n) is 3.44. The Morgan fingerprint density at radius 2 is 2.36 bits per heavy atom. The summed E-state index contributed by atoms with van der Waals surface area (Å²) in [6, 6.07) is 3.79. The number of nitrogens with zero attached hydrogens (tertiary/aromatic N) is 1. The van der Waals surface area contributed by atoms with E-state index in [1.54, 1.807) is 24.2 Å². The quantitative estimate of drug-likeness (QED) is 0.745. The van der Waals surface area contributed by atoms with Gasteiger partial charge in [0.15, 0.2) is 0 Å². The van der Waals surface area contributed by atoms with Crippen LogP contribution in [0, 0.1) is 0 Å². The number of aromatic nitrogens is 1. The van der Waals surface area contributed by atoms with Gasteiger partial charge in [-0.25, -0.2) is 0 Å². The van der Waals surface area contributed by atoms with Crippen LogP contribution in [0.3, 0.4) is 0 Å². The first-order valence-electron chi connectivity index (χ1n) is 4.70. The van der Waals surface area contributed by atoms with Gasteiger partial charge in [-0.15, -0.1) is 0 Å². The predicted molar refractivity (Wildman–Crippen MR) is 60.5 cm³/mol. The fraction of sp³-hybridized carbons (Fsp3) is 0.455. The molecule has 0 radical (unpaired) electrons. The molecule has 0 aliphatic rings. The van der Waals surface area contributed by atoms with Crippen LogP contribution in [0.15, 0.2) is 24.5 Å². The smallest absolute Gasteiger partial charge is 0.147 e. The molecule has 0 N–H and O–H groups in total. The lowest BCUT2D eigenvalue weighted by atomic mass is 10.2. The van der Waals surface area contributed by atoms with Gasteiger partial charge in [0, 0.05) is 18.8 Å². The molecule has 0 fully saturated rings. The van der Waals surface area contributed by atoms with E-state index < -0.39 is 0 Å². The van der Waals surface area contributed by atoms with E-state index >= 15 is 0 Å². The number of hydrogen-bond acceptors (Lipinski definition) is 3. The fourth-order valence-electron chi connectivity index (χ4n) is 1.04. The van der Waals surface area contributed by atoms with Gasteiger partial charge in [0.05, 0.1) is 5.75 Å². The van der Waals surface area contributed by atoms with Gasteiger partial charge in [0.25, 0.3) is 0 Å². The summed E-state index contributed by atoms with van der Waals surface area (Å²) in [5.41, 5.74) is 1.00. The molecule has 0 saturated heterocycles. The van der Waals surface area contributed by atoms with E-state index in [0.717, 1.165) is 5.56 Å². The first-order chi connectivity index (χ1) is 6.68. The second kappa shape index (κ2) is 5.81. The highest BCUT2D eigenvalue weighted by Crippen LogP contribution is 2.10. The molecule has 0 spiro atoms. The van der Waals surface area contributed by atoms with Gasteiger partial charge >= 0.3 is 0 Å². The number of carbonyl (C=O) groups is 1. The van der Waals surface area contributed by atoms with E-state index in [-0.39, 0.29) is 5.78 Å². The molecule has 0 aliphatic carbocycles. The Morgan fingerprint density at radius 1 is 1.57 bits per heavy atom. The molecule has 1 rings (SSSR count). The number of Topliss-reactive ketones (excluding diaryl/α,β-unsaturated/α-hetero) is 1. The molecule has 0 amide bonds. The van der Waals surface area contributed by atoms with Gasteiger partial charge in [-0.3, -0.25) is 9.78 Å². The minimum absolute atomic E-state index is 0.275. The number of thioether (sulfide) groups is 1. The molecule has 0 saturated carbocycles. The predicted octanol–water partition coefficient (Wildman–Crippen LogP) is 2.33. The molecule has 0 bridgehead atoms. The summed E-state index contributed by atoms with van der Waals surface area (Å²) >= 11 is 1.69. The van der Waals surface area contributed by atoms with Gasteiger partial charge in [-0.1, -0.05) is 19.9 Å². The summed E-state index contributed by atoms with van der Waals surface area (Å²) in [5, 5.41) is 0.521. The van der Waals surface area contributed by atoms with Gasteiger partial charge in [-0.2, -0.15) is 11.8 Å². The molecule has 2 nitrogen and oxygen atoms in total. The van der Waals surface area contributed by atoms with Crippen LogP contribution in [-0.4, -0.2) is 21.8 Å². The van der Waals surface area contributed by atoms with E-state index in [1.807, 2.05) is 12.1 Å². The van der Waals surface area contributed by atoms with Crippen molar-refractivity contribution in [1.29, 1.82) is 0 Å². The molecule has 0 unspecified atom stereocenters. The van der Waals surface area contributed by atoms with Crippen molar-refractivity contribution in [2.24, 2.45) is 0 Å². The summed E-state index contributed by atoms with van der Waals surface area (Å²) in [4.78, 5) is 15.4. The Balaban J connectivity index is 2.35. The maximum absolute atomic E-state index is 11.5. The highest BCUT2D eigenvalue weighted by atomic mass is 32.2. The zero-order chi connectivity index (χ0) is 10.4. The largest absolute Gasteiger partial charge is 0.298 e. The molecule has 14 heavy (non-hydrogen) atoms. The number of rotatable bonds is 5. The van der Waals surface area contributed by atoms with Crippen molar-refractivity contribution >= 4 is 17.5 Å². The Morgan fingerprint density at radius 3 is 2.93 bits per heavy atom.